The molecule has 1 aromatic carbocycles. The van der Waals surface area contributed by atoms with Gasteiger partial charge in [0, 0.05) is 23.9 Å². The standard InChI is InChI=1S/C12H14N2OS/c1-13-7-10-8-16-12(14-10)6-9-4-2-3-5-11(9)15/h2-5,8,13,15H,6-7H2,1H3. The maximum atomic E-state index is 9.65. The van der Waals surface area contributed by atoms with Crippen LogP contribution in [0.3, 0.4) is 0 Å². The van der Waals surface area contributed by atoms with E-state index in [9.17, 15) is 5.11 Å². The fourth-order valence-corrected chi connectivity index (χ4v) is 2.33. The molecule has 0 spiro atoms. The normalized spacial score (nSPS) is 10.6. The summed E-state index contributed by atoms with van der Waals surface area (Å²) in [5.41, 5.74) is 1.98. The van der Waals surface area contributed by atoms with Crippen LogP contribution in [0.15, 0.2) is 29.6 Å². The van der Waals surface area contributed by atoms with Gasteiger partial charge in [0.1, 0.15) is 5.75 Å². The van der Waals surface area contributed by atoms with Gasteiger partial charge in [-0.1, -0.05) is 18.2 Å². The highest BCUT2D eigenvalue weighted by atomic mass is 32.1. The molecule has 1 heterocycles. The first-order valence-electron chi connectivity index (χ1n) is 5.14. The smallest absolute Gasteiger partial charge is 0.119 e. The molecule has 0 radical (unpaired) electrons. The molecule has 0 bridgehead atoms. The minimum absolute atomic E-state index is 0.341. The Morgan fingerprint density at radius 1 is 1.38 bits per heavy atom. The quantitative estimate of drug-likeness (QED) is 0.852. The molecule has 0 unspecified atom stereocenters. The Balaban J connectivity index is 2.11. The van der Waals surface area contributed by atoms with Gasteiger partial charge in [-0.25, -0.2) is 4.98 Å². The summed E-state index contributed by atoms with van der Waals surface area (Å²) < 4.78 is 0. The van der Waals surface area contributed by atoms with E-state index in [1.165, 1.54) is 0 Å². The number of hydrogen-bond donors (Lipinski definition) is 2. The lowest BCUT2D eigenvalue weighted by Gasteiger charge is -2.00. The summed E-state index contributed by atoms with van der Waals surface area (Å²) in [6, 6.07) is 7.39. The van der Waals surface area contributed by atoms with Crippen molar-refractivity contribution in [2.75, 3.05) is 7.05 Å². The van der Waals surface area contributed by atoms with Crippen molar-refractivity contribution in [2.45, 2.75) is 13.0 Å². The molecule has 3 nitrogen and oxygen atoms in total. The molecule has 84 valence electrons. The van der Waals surface area contributed by atoms with E-state index in [1.54, 1.807) is 17.4 Å². The van der Waals surface area contributed by atoms with Gasteiger partial charge in [0.2, 0.25) is 0 Å². The molecule has 0 fully saturated rings. The average molecular weight is 234 g/mol. The van der Waals surface area contributed by atoms with Crippen LogP contribution in [0.1, 0.15) is 16.3 Å². The van der Waals surface area contributed by atoms with Gasteiger partial charge in [-0.3, -0.25) is 0 Å². The number of phenolic OH excluding ortho intramolecular Hbond substituents is 1. The van der Waals surface area contributed by atoms with Crippen molar-refractivity contribution in [3.8, 4) is 5.75 Å². The Bertz CT molecular complexity index is 468. The molecule has 0 aliphatic carbocycles. The van der Waals surface area contributed by atoms with Crippen LogP contribution in [0.5, 0.6) is 5.75 Å². The molecule has 0 aliphatic rings. The summed E-state index contributed by atoms with van der Waals surface area (Å²) in [5.74, 6) is 0.341. The maximum absolute atomic E-state index is 9.65. The van der Waals surface area contributed by atoms with Gasteiger partial charge in [-0.15, -0.1) is 11.3 Å². The van der Waals surface area contributed by atoms with E-state index in [4.69, 9.17) is 0 Å². The van der Waals surface area contributed by atoms with E-state index >= 15 is 0 Å². The molecule has 0 atom stereocenters. The second-order valence-electron chi connectivity index (χ2n) is 3.57. The lowest BCUT2D eigenvalue weighted by Crippen LogP contribution is -2.05. The minimum atomic E-state index is 0.341. The lowest BCUT2D eigenvalue weighted by molar-refractivity contribution is 0.469. The molecule has 2 rings (SSSR count). The number of phenols is 1. The van der Waals surface area contributed by atoms with Crippen LogP contribution in [0.2, 0.25) is 0 Å². The first-order chi connectivity index (χ1) is 7.79. The highest BCUT2D eigenvalue weighted by Crippen LogP contribution is 2.21. The van der Waals surface area contributed by atoms with E-state index in [-0.39, 0.29) is 0 Å². The number of rotatable bonds is 4. The molecule has 2 N–H and O–H groups in total. The van der Waals surface area contributed by atoms with Crippen LogP contribution in [0.4, 0.5) is 0 Å². The number of nitrogens with one attached hydrogen (secondary N) is 1. The van der Waals surface area contributed by atoms with Gasteiger partial charge in [0.15, 0.2) is 0 Å². The summed E-state index contributed by atoms with van der Waals surface area (Å²) in [6.45, 7) is 0.789. The van der Waals surface area contributed by atoms with Crippen LogP contribution in [0, 0.1) is 0 Å². The third-order valence-corrected chi connectivity index (χ3v) is 3.19. The van der Waals surface area contributed by atoms with Crippen molar-refractivity contribution in [3.63, 3.8) is 0 Å². The van der Waals surface area contributed by atoms with E-state index in [2.05, 4.69) is 10.3 Å². The highest BCUT2D eigenvalue weighted by molar-refractivity contribution is 7.09. The number of aromatic hydroxyl groups is 1. The van der Waals surface area contributed by atoms with Crippen molar-refractivity contribution >= 4 is 11.3 Å². The summed E-state index contributed by atoms with van der Waals surface area (Å²) >= 11 is 1.63. The van der Waals surface area contributed by atoms with Gasteiger partial charge < -0.3 is 10.4 Å². The van der Waals surface area contributed by atoms with Gasteiger partial charge >= 0.3 is 0 Å². The first kappa shape index (κ1) is 11.1. The van der Waals surface area contributed by atoms with Crippen molar-refractivity contribution in [1.82, 2.24) is 10.3 Å². The summed E-state index contributed by atoms with van der Waals surface area (Å²) in [4.78, 5) is 4.48. The second-order valence-corrected chi connectivity index (χ2v) is 4.51. The van der Waals surface area contributed by atoms with Crippen molar-refractivity contribution in [1.29, 1.82) is 0 Å². The van der Waals surface area contributed by atoms with Crippen molar-refractivity contribution < 1.29 is 5.11 Å². The highest BCUT2D eigenvalue weighted by Gasteiger charge is 2.05. The summed E-state index contributed by atoms with van der Waals surface area (Å²) in [7, 11) is 1.90. The molecule has 0 saturated heterocycles. The minimum Gasteiger partial charge on any atom is -0.508 e. The topological polar surface area (TPSA) is 45.1 Å². The first-order valence-corrected chi connectivity index (χ1v) is 6.02. The van der Waals surface area contributed by atoms with Gasteiger partial charge in [0.05, 0.1) is 10.7 Å². The SMILES string of the molecule is CNCc1csc(Cc2ccccc2O)n1. The zero-order valence-electron chi connectivity index (χ0n) is 9.10. The molecule has 16 heavy (non-hydrogen) atoms. The van der Waals surface area contributed by atoms with E-state index < -0.39 is 0 Å². The lowest BCUT2D eigenvalue weighted by atomic mass is 10.1. The number of thiazole rings is 1. The summed E-state index contributed by atoms with van der Waals surface area (Å²) in [5, 5.41) is 15.8. The Kier molecular flexibility index (Phi) is 3.54. The fourth-order valence-electron chi connectivity index (χ4n) is 1.52. The van der Waals surface area contributed by atoms with Crippen molar-refractivity contribution in [2.24, 2.45) is 0 Å². The predicted molar refractivity (Wildman–Crippen MR) is 65.8 cm³/mol. The molecule has 0 amide bonds. The average Bonchev–Trinajstić information content (AvgIpc) is 2.70. The molecule has 0 aliphatic heterocycles. The molecule has 1 aromatic heterocycles. The Hall–Kier alpha value is -1.39. The van der Waals surface area contributed by atoms with E-state index in [0.29, 0.717) is 12.2 Å². The molecule has 4 heteroatoms. The Morgan fingerprint density at radius 2 is 2.19 bits per heavy atom. The van der Waals surface area contributed by atoms with E-state index in [0.717, 1.165) is 22.8 Å². The summed E-state index contributed by atoms with van der Waals surface area (Å²) in [6.07, 6.45) is 0.695. The second kappa shape index (κ2) is 5.09. The van der Waals surface area contributed by atoms with Crippen LogP contribution in [-0.2, 0) is 13.0 Å². The van der Waals surface area contributed by atoms with Crippen LogP contribution >= 0.6 is 11.3 Å². The van der Waals surface area contributed by atoms with Gasteiger partial charge in [0.25, 0.3) is 0 Å². The Morgan fingerprint density at radius 3 is 2.94 bits per heavy atom. The molecule has 0 saturated carbocycles. The van der Waals surface area contributed by atoms with Gasteiger partial charge in [-0.2, -0.15) is 0 Å². The fraction of sp³-hybridized carbons (Fsp3) is 0.250. The predicted octanol–water partition coefficient (Wildman–Crippen LogP) is 2.16. The van der Waals surface area contributed by atoms with E-state index in [1.807, 2.05) is 30.6 Å². The number of para-hydroxylation sites is 1. The maximum Gasteiger partial charge on any atom is 0.119 e. The zero-order chi connectivity index (χ0) is 11.4. The Labute approximate surface area is 98.8 Å². The monoisotopic (exact) mass is 234 g/mol. The third kappa shape index (κ3) is 2.59. The zero-order valence-corrected chi connectivity index (χ0v) is 9.92. The third-order valence-electron chi connectivity index (χ3n) is 2.29. The number of hydrogen-bond acceptors (Lipinski definition) is 4. The largest absolute Gasteiger partial charge is 0.508 e. The van der Waals surface area contributed by atoms with Crippen LogP contribution in [-0.4, -0.2) is 17.1 Å². The van der Waals surface area contributed by atoms with Crippen LogP contribution in [0.25, 0.3) is 0 Å². The molecular weight excluding hydrogens is 220 g/mol. The number of aromatic nitrogens is 1. The van der Waals surface area contributed by atoms with Gasteiger partial charge in [-0.05, 0) is 13.1 Å². The molecule has 2 aromatic rings. The molecular formula is C12H14N2OS. The number of nitrogens with zero attached hydrogens (tertiary/aromatic N) is 1. The number of benzene rings is 1. The van der Waals surface area contributed by atoms with Crippen LogP contribution < -0.4 is 5.32 Å². The van der Waals surface area contributed by atoms with Crippen molar-refractivity contribution in [3.05, 3.63) is 45.9 Å².